The number of piperidine rings is 2. The van der Waals surface area contributed by atoms with Crippen molar-refractivity contribution in [2.75, 3.05) is 43.4 Å². The molecule has 0 amide bonds. The van der Waals surface area contributed by atoms with E-state index in [4.69, 9.17) is 9.97 Å². The SMILES string of the molecule is C=CCn1c(=O)c2cnc(Nc3ccc(N4CCC5(CCN(C)CC5)CC4)cc3)nc2n1-c1cccc(C2(C)CC2)n1. The summed E-state index contributed by atoms with van der Waals surface area (Å²) in [5, 5.41) is 3.81. The minimum Gasteiger partial charge on any atom is -0.371 e. The molecule has 1 N–H and O–H groups in total. The van der Waals surface area contributed by atoms with Crippen LogP contribution in [0.15, 0.2) is 66.1 Å². The van der Waals surface area contributed by atoms with Crippen LogP contribution in [0.2, 0.25) is 0 Å². The second-order valence-electron chi connectivity index (χ2n) is 12.8. The maximum atomic E-state index is 13.3. The van der Waals surface area contributed by atoms with Crippen molar-refractivity contribution in [1.29, 1.82) is 0 Å². The van der Waals surface area contributed by atoms with E-state index in [9.17, 15) is 4.79 Å². The molecule has 0 unspecified atom stereocenters. The van der Waals surface area contributed by atoms with Gasteiger partial charge >= 0.3 is 0 Å². The van der Waals surface area contributed by atoms with E-state index >= 15 is 0 Å². The van der Waals surface area contributed by atoms with E-state index in [-0.39, 0.29) is 11.0 Å². The van der Waals surface area contributed by atoms with Crippen molar-refractivity contribution in [2.45, 2.75) is 57.4 Å². The molecule has 1 aliphatic carbocycles. The number of fused-ring (bicyclic) bond motifs is 1. The number of anilines is 3. The van der Waals surface area contributed by atoms with E-state index in [0.29, 0.717) is 34.8 Å². The zero-order valence-electron chi connectivity index (χ0n) is 24.7. The highest BCUT2D eigenvalue weighted by molar-refractivity contribution is 5.77. The van der Waals surface area contributed by atoms with Crippen LogP contribution in [0.5, 0.6) is 0 Å². The minimum absolute atomic E-state index is 0.110. The van der Waals surface area contributed by atoms with E-state index in [1.807, 2.05) is 12.1 Å². The normalized spacial score (nSPS) is 19.7. The molecular weight excluding hydrogens is 524 g/mol. The number of pyridine rings is 1. The third-order valence-electron chi connectivity index (χ3n) is 9.91. The molecule has 0 radical (unpaired) electrons. The lowest BCUT2D eigenvalue weighted by Gasteiger charge is -2.46. The third kappa shape index (κ3) is 4.89. The number of rotatable bonds is 7. The molecule has 0 bridgehead atoms. The molecule has 2 saturated heterocycles. The molecule has 9 heteroatoms. The summed E-state index contributed by atoms with van der Waals surface area (Å²) in [5.74, 6) is 1.11. The Kier molecular flexibility index (Phi) is 6.65. The molecule has 1 aromatic carbocycles. The van der Waals surface area contributed by atoms with E-state index in [0.717, 1.165) is 37.3 Å². The standard InChI is InChI=1S/C33H40N8O/c1-4-18-40-30(42)26-23-34-31(37-29(26)41(40)28-7-5-6-27(36-28)32(2)12-13-32)35-24-8-10-25(11-9-24)39-21-16-33(17-22-39)14-19-38(3)20-15-33/h4-11,23H,1,12-22H2,2-3H3,(H,34,35,37). The highest BCUT2D eigenvalue weighted by Gasteiger charge is 2.40. The summed E-state index contributed by atoms with van der Waals surface area (Å²) < 4.78 is 3.43. The fraction of sp³-hybridized carbons (Fsp3) is 0.455. The molecule has 5 heterocycles. The predicted octanol–water partition coefficient (Wildman–Crippen LogP) is 5.27. The molecule has 0 atom stereocenters. The van der Waals surface area contributed by atoms with Crippen LogP contribution in [0.1, 0.15) is 51.1 Å². The van der Waals surface area contributed by atoms with Gasteiger partial charge < -0.3 is 15.1 Å². The summed E-state index contributed by atoms with van der Waals surface area (Å²) in [4.78, 5) is 32.6. The van der Waals surface area contributed by atoms with Crippen LogP contribution < -0.4 is 15.8 Å². The Morgan fingerprint density at radius 1 is 0.952 bits per heavy atom. The van der Waals surface area contributed by atoms with E-state index in [1.54, 1.807) is 21.6 Å². The molecule has 3 fully saturated rings. The lowest BCUT2D eigenvalue weighted by molar-refractivity contribution is 0.0945. The van der Waals surface area contributed by atoms with Gasteiger partial charge in [-0.15, -0.1) is 6.58 Å². The molecule has 1 spiro atoms. The van der Waals surface area contributed by atoms with E-state index in [2.05, 4.69) is 71.0 Å². The first-order chi connectivity index (χ1) is 20.4. The number of nitrogens with zero attached hydrogens (tertiary/aromatic N) is 7. The highest BCUT2D eigenvalue weighted by Crippen LogP contribution is 2.46. The van der Waals surface area contributed by atoms with Gasteiger partial charge in [0.05, 0.1) is 6.54 Å². The Balaban J connectivity index is 1.12. The molecule has 4 aromatic rings. The van der Waals surface area contributed by atoms with E-state index < -0.39 is 0 Å². The first-order valence-electron chi connectivity index (χ1n) is 15.2. The summed E-state index contributed by atoms with van der Waals surface area (Å²) in [6.07, 6.45) is 10.8. The van der Waals surface area contributed by atoms with Gasteiger partial charge in [0, 0.05) is 41.8 Å². The molecule has 3 aromatic heterocycles. The van der Waals surface area contributed by atoms with Gasteiger partial charge in [0.1, 0.15) is 5.39 Å². The van der Waals surface area contributed by atoms with Crippen molar-refractivity contribution < 1.29 is 0 Å². The number of hydrogen-bond donors (Lipinski definition) is 1. The predicted molar refractivity (Wildman–Crippen MR) is 168 cm³/mol. The summed E-state index contributed by atoms with van der Waals surface area (Å²) in [5.41, 5.74) is 4.22. The quantitative estimate of drug-likeness (QED) is 0.306. The molecule has 7 rings (SSSR count). The average molecular weight is 565 g/mol. The van der Waals surface area contributed by atoms with Gasteiger partial charge in [-0.1, -0.05) is 19.1 Å². The van der Waals surface area contributed by atoms with E-state index in [1.165, 1.54) is 44.5 Å². The van der Waals surface area contributed by atoms with Crippen LogP contribution in [0, 0.1) is 5.41 Å². The largest absolute Gasteiger partial charge is 0.371 e. The van der Waals surface area contributed by atoms with Gasteiger partial charge in [-0.2, -0.15) is 4.98 Å². The fourth-order valence-corrected chi connectivity index (χ4v) is 6.65. The highest BCUT2D eigenvalue weighted by atomic mass is 16.1. The van der Waals surface area contributed by atoms with Gasteiger partial charge in [0.2, 0.25) is 5.95 Å². The maximum Gasteiger partial charge on any atom is 0.278 e. The number of nitrogens with one attached hydrogen (secondary N) is 1. The van der Waals surface area contributed by atoms with Gasteiger partial charge in [-0.05, 0) is 100 Å². The summed E-state index contributed by atoms with van der Waals surface area (Å²) >= 11 is 0. The first kappa shape index (κ1) is 26.9. The third-order valence-corrected chi connectivity index (χ3v) is 9.91. The maximum absolute atomic E-state index is 13.3. The van der Waals surface area contributed by atoms with Gasteiger partial charge in [-0.3, -0.25) is 4.79 Å². The number of hydrogen-bond acceptors (Lipinski definition) is 7. The Labute approximate surface area is 246 Å². The lowest BCUT2D eigenvalue weighted by Crippen LogP contribution is -2.46. The molecule has 9 nitrogen and oxygen atoms in total. The molecule has 2 aliphatic heterocycles. The van der Waals surface area contributed by atoms with Crippen LogP contribution in [0.25, 0.3) is 16.9 Å². The smallest absolute Gasteiger partial charge is 0.278 e. The molecule has 1 saturated carbocycles. The molecular formula is C33H40N8O. The zero-order valence-corrected chi connectivity index (χ0v) is 24.7. The summed E-state index contributed by atoms with van der Waals surface area (Å²) in [7, 11) is 2.24. The van der Waals surface area contributed by atoms with Gasteiger partial charge in [0.15, 0.2) is 11.5 Å². The molecule has 3 aliphatic rings. The number of likely N-dealkylation sites (tertiary alicyclic amines) is 1. The van der Waals surface area contributed by atoms with Crippen molar-refractivity contribution in [3.05, 3.63) is 77.4 Å². The van der Waals surface area contributed by atoms with Crippen molar-refractivity contribution >= 4 is 28.4 Å². The van der Waals surface area contributed by atoms with Crippen LogP contribution in [-0.2, 0) is 12.0 Å². The zero-order chi connectivity index (χ0) is 28.9. The number of benzene rings is 1. The average Bonchev–Trinajstić information content (AvgIpc) is 3.71. The Bertz CT molecular complexity index is 1660. The van der Waals surface area contributed by atoms with Crippen LogP contribution >= 0.6 is 0 Å². The van der Waals surface area contributed by atoms with Crippen molar-refractivity contribution in [3.63, 3.8) is 0 Å². The van der Waals surface area contributed by atoms with Crippen LogP contribution in [0.3, 0.4) is 0 Å². The number of aromatic nitrogens is 5. The Morgan fingerprint density at radius 2 is 1.67 bits per heavy atom. The number of allylic oxidation sites excluding steroid dienone is 1. The lowest BCUT2D eigenvalue weighted by atomic mass is 9.71. The topological polar surface area (TPSA) is 84.1 Å². The van der Waals surface area contributed by atoms with Crippen molar-refractivity contribution in [3.8, 4) is 5.82 Å². The summed E-state index contributed by atoms with van der Waals surface area (Å²) in [6.45, 7) is 11.1. The van der Waals surface area contributed by atoms with Crippen LogP contribution in [0.4, 0.5) is 17.3 Å². The van der Waals surface area contributed by atoms with Crippen LogP contribution in [-0.4, -0.2) is 62.4 Å². The summed E-state index contributed by atoms with van der Waals surface area (Å²) in [6, 6.07) is 14.5. The Morgan fingerprint density at radius 3 is 2.36 bits per heavy atom. The van der Waals surface area contributed by atoms with Gasteiger partial charge in [-0.25, -0.2) is 19.3 Å². The second kappa shape index (κ2) is 10.4. The monoisotopic (exact) mass is 564 g/mol. The Hall–Kier alpha value is -3.98. The first-order valence-corrected chi connectivity index (χ1v) is 15.2. The molecule has 42 heavy (non-hydrogen) atoms. The van der Waals surface area contributed by atoms with Crippen molar-refractivity contribution in [1.82, 2.24) is 29.2 Å². The van der Waals surface area contributed by atoms with Crippen molar-refractivity contribution in [2.24, 2.45) is 5.41 Å². The second-order valence-corrected chi connectivity index (χ2v) is 12.8. The fourth-order valence-electron chi connectivity index (χ4n) is 6.65. The van der Waals surface area contributed by atoms with Gasteiger partial charge in [0.25, 0.3) is 5.56 Å². The minimum atomic E-state index is -0.158. The molecule has 218 valence electrons.